The van der Waals surface area contributed by atoms with Crippen LogP contribution in [0.25, 0.3) is 0 Å². The maximum atomic E-state index is 6.00. The van der Waals surface area contributed by atoms with Gasteiger partial charge in [-0.1, -0.05) is 70.2 Å². The molecule has 2 atom stereocenters. The predicted octanol–water partition coefficient (Wildman–Crippen LogP) is 6.13. The second-order valence-electron chi connectivity index (χ2n) is 5.69. The average Bonchev–Trinajstić information content (AvgIpc) is 2.45. The molecule has 0 aliphatic carbocycles. The third-order valence-electron chi connectivity index (χ3n) is 3.83. The number of rotatable bonds is 10. The Labute approximate surface area is 130 Å². The zero-order valence-electron chi connectivity index (χ0n) is 13.3. The van der Waals surface area contributed by atoms with E-state index in [0.29, 0.717) is 12.1 Å². The van der Waals surface area contributed by atoms with Crippen LogP contribution in [0.5, 0.6) is 0 Å². The molecule has 1 aromatic rings. The zero-order valence-corrected chi connectivity index (χ0v) is 14.0. The monoisotopic (exact) mass is 295 g/mol. The van der Waals surface area contributed by atoms with Crippen LogP contribution < -0.4 is 5.32 Å². The Morgan fingerprint density at radius 1 is 0.900 bits per heavy atom. The largest absolute Gasteiger partial charge is 0.307 e. The Morgan fingerprint density at radius 2 is 1.55 bits per heavy atom. The quantitative estimate of drug-likeness (QED) is 0.547. The minimum Gasteiger partial charge on any atom is -0.307 e. The van der Waals surface area contributed by atoms with Crippen LogP contribution in [0.3, 0.4) is 0 Å². The summed E-state index contributed by atoms with van der Waals surface area (Å²) in [6.45, 7) is 6.80. The van der Waals surface area contributed by atoms with Crippen molar-refractivity contribution in [1.82, 2.24) is 5.32 Å². The van der Waals surface area contributed by atoms with Crippen molar-refractivity contribution < 1.29 is 0 Å². The smallest absolute Gasteiger partial charge is 0.0406 e. The van der Waals surface area contributed by atoms with Crippen LogP contribution in [0, 0.1) is 0 Å². The summed E-state index contributed by atoms with van der Waals surface area (Å²) in [5, 5.41) is 4.70. The maximum Gasteiger partial charge on any atom is 0.0406 e. The van der Waals surface area contributed by atoms with Gasteiger partial charge in [0.15, 0.2) is 0 Å². The molecule has 20 heavy (non-hydrogen) atoms. The molecule has 1 N–H and O–H groups in total. The van der Waals surface area contributed by atoms with Crippen LogP contribution in [0.1, 0.15) is 77.3 Å². The fraction of sp³-hybridized carbons (Fsp3) is 0.667. The molecule has 0 fully saturated rings. The highest BCUT2D eigenvalue weighted by atomic mass is 35.5. The number of benzene rings is 1. The molecule has 1 rings (SSSR count). The minimum atomic E-state index is 0.464. The highest BCUT2D eigenvalue weighted by Gasteiger charge is 2.15. The lowest BCUT2D eigenvalue weighted by atomic mass is 9.98. The Morgan fingerprint density at radius 3 is 2.10 bits per heavy atom. The molecule has 0 spiro atoms. The summed E-state index contributed by atoms with van der Waals surface area (Å²) in [5.74, 6) is 0. The number of hydrogen-bond acceptors (Lipinski definition) is 1. The number of hydrogen-bond donors (Lipinski definition) is 1. The van der Waals surface area contributed by atoms with Gasteiger partial charge in [0.2, 0.25) is 0 Å². The Balaban J connectivity index is 2.70. The Bertz CT molecular complexity index is 347. The van der Waals surface area contributed by atoms with Crippen molar-refractivity contribution in [1.29, 1.82) is 0 Å². The summed E-state index contributed by atoms with van der Waals surface area (Å²) in [5.41, 5.74) is 1.37. The summed E-state index contributed by atoms with van der Waals surface area (Å²) in [4.78, 5) is 0. The maximum absolute atomic E-state index is 6.00. The van der Waals surface area contributed by atoms with E-state index in [1.54, 1.807) is 0 Å². The van der Waals surface area contributed by atoms with Crippen LogP contribution in [0.15, 0.2) is 24.3 Å². The molecule has 1 aromatic carbocycles. The molecule has 0 amide bonds. The van der Waals surface area contributed by atoms with E-state index in [2.05, 4.69) is 38.2 Å². The number of unbranched alkanes of at least 4 members (excludes halogenated alkanes) is 1. The van der Waals surface area contributed by atoms with Crippen molar-refractivity contribution in [2.75, 3.05) is 0 Å². The van der Waals surface area contributed by atoms with E-state index in [9.17, 15) is 0 Å². The normalized spacial score (nSPS) is 14.2. The third-order valence-corrected chi connectivity index (χ3v) is 4.08. The van der Waals surface area contributed by atoms with Gasteiger partial charge in [0, 0.05) is 17.1 Å². The lowest BCUT2D eigenvalue weighted by Gasteiger charge is -2.26. The van der Waals surface area contributed by atoms with Crippen LogP contribution >= 0.6 is 11.6 Å². The molecule has 0 saturated heterocycles. The molecule has 0 aliphatic rings. The Hall–Kier alpha value is -0.530. The molecule has 0 bridgehead atoms. The van der Waals surface area contributed by atoms with Crippen molar-refractivity contribution in [3.05, 3.63) is 34.9 Å². The van der Waals surface area contributed by atoms with Gasteiger partial charge in [0.25, 0.3) is 0 Å². The van der Waals surface area contributed by atoms with E-state index in [1.165, 1.54) is 50.5 Å². The van der Waals surface area contributed by atoms with Crippen molar-refractivity contribution >= 4 is 11.6 Å². The standard InChI is InChI=1S/C18H30ClN/c1-4-7-10-17(8-5-2)20-18(9-6-3)15-11-13-16(19)14-12-15/h11-14,17-18,20H,4-10H2,1-3H3. The van der Waals surface area contributed by atoms with Gasteiger partial charge in [-0.05, 0) is 37.0 Å². The van der Waals surface area contributed by atoms with Gasteiger partial charge in [-0.2, -0.15) is 0 Å². The fourth-order valence-electron chi connectivity index (χ4n) is 2.72. The Kier molecular flexibility index (Phi) is 8.97. The van der Waals surface area contributed by atoms with Gasteiger partial charge in [-0.3, -0.25) is 0 Å². The van der Waals surface area contributed by atoms with E-state index in [-0.39, 0.29) is 0 Å². The van der Waals surface area contributed by atoms with E-state index >= 15 is 0 Å². The average molecular weight is 296 g/mol. The molecule has 0 radical (unpaired) electrons. The lowest BCUT2D eigenvalue weighted by Crippen LogP contribution is -2.33. The van der Waals surface area contributed by atoms with Gasteiger partial charge in [-0.25, -0.2) is 0 Å². The van der Waals surface area contributed by atoms with Gasteiger partial charge >= 0.3 is 0 Å². The second-order valence-corrected chi connectivity index (χ2v) is 6.12. The minimum absolute atomic E-state index is 0.464. The van der Waals surface area contributed by atoms with Crippen molar-refractivity contribution in [3.63, 3.8) is 0 Å². The summed E-state index contributed by atoms with van der Waals surface area (Å²) in [6.07, 6.45) is 8.80. The third kappa shape index (κ3) is 6.28. The van der Waals surface area contributed by atoms with Gasteiger partial charge in [0.05, 0.1) is 0 Å². The van der Waals surface area contributed by atoms with Gasteiger partial charge in [0.1, 0.15) is 0 Å². The first-order valence-electron chi connectivity index (χ1n) is 8.22. The highest BCUT2D eigenvalue weighted by molar-refractivity contribution is 6.30. The van der Waals surface area contributed by atoms with Gasteiger partial charge < -0.3 is 5.32 Å². The molecule has 0 saturated carbocycles. The molecule has 0 heterocycles. The first-order valence-corrected chi connectivity index (χ1v) is 8.60. The molecule has 2 unspecified atom stereocenters. The van der Waals surface area contributed by atoms with Crippen molar-refractivity contribution in [2.45, 2.75) is 77.8 Å². The molecule has 1 nitrogen and oxygen atoms in total. The summed E-state index contributed by atoms with van der Waals surface area (Å²) < 4.78 is 0. The summed E-state index contributed by atoms with van der Waals surface area (Å²) in [6, 6.07) is 9.44. The van der Waals surface area contributed by atoms with E-state index in [0.717, 1.165) is 5.02 Å². The molecular formula is C18H30ClN. The molecule has 0 aromatic heterocycles. The second kappa shape index (κ2) is 10.2. The molecule has 114 valence electrons. The molecule has 2 heteroatoms. The van der Waals surface area contributed by atoms with E-state index < -0.39 is 0 Å². The van der Waals surface area contributed by atoms with Gasteiger partial charge in [-0.15, -0.1) is 0 Å². The van der Waals surface area contributed by atoms with Crippen molar-refractivity contribution in [2.24, 2.45) is 0 Å². The highest BCUT2D eigenvalue weighted by Crippen LogP contribution is 2.23. The lowest BCUT2D eigenvalue weighted by molar-refractivity contribution is 0.369. The SMILES string of the molecule is CCCCC(CCC)NC(CCC)c1ccc(Cl)cc1. The van der Waals surface area contributed by atoms with Crippen LogP contribution in [0.2, 0.25) is 5.02 Å². The number of halogens is 1. The van der Waals surface area contributed by atoms with Crippen LogP contribution in [-0.2, 0) is 0 Å². The van der Waals surface area contributed by atoms with E-state index in [1.807, 2.05) is 12.1 Å². The predicted molar refractivity (Wildman–Crippen MR) is 90.5 cm³/mol. The first-order chi connectivity index (χ1) is 9.71. The first kappa shape index (κ1) is 17.5. The summed E-state index contributed by atoms with van der Waals surface area (Å²) >= 11 is 6.00. The zero-order chi connectivity index (χ0) is 14.8. The number of nitrogens with one attached hydrogen (secondary N) is 1. The van der Waals surface area contributed by atoms with Crippen LogP contribution in [0.4, 0.5) is 0 Å². The topological polar surface area (TPSA) is 12.0 Å². The van der Waals surface area contributed by atoms with E-state index in [4.69, 9.17) is 11.6 Å². The van der Waals surface area contributed by atoms with Crippen molar-refractivity contribution in [3.8, 4) is 0 Å². The molecule has 0 aliphatic heterocycles. The van der Waals surface area contributed by atoms with Crippen LogP contribution in [-0.4, -0.2) is 6.04 Å². The molecular weight excluding hydrogens is 266 g/mol. The fourth-order valence-corrected chi connectivity index (χ4v) is 2.85. The summed E-state index contributed by atoms with van der Waals surface area (Å²) in [7, 11) is 0.